The molecule has 1 atom stereocenters. The van der Waals surface area contributed by atoms with E-state index in [1.54, 1.807) is 0 Å². The zero-order chi connectivity index (χ0) is 13.2. The number of hydrogen-bond donors (Lipinski definition) is 1. The lowest BCUT2D eigenvalue weighted by Crippen LogP contribution is -2.38. The molecule has 1 saturated heterocycles. The first-order valence-electron chi connectivity index (χ1n) is 8.54. The minimum Gasteiger partial charge on any atom is -0.390 e. The van der Waals surface area contributed by atoms with Crippen LogP contribution in [-0.4, -0.2) is 23.4 Å². The number of ether oxygens (including phenoxy) is 1. The molecule has 1 spiro atoms. The van der Waals surface area contributed by atoms with Crippen LogP contribution < -0.4 is 0 Å². The SMILES string of the molecule is OC1(CCCC2CCCO2)CCC2(CCCC2)CC1. The average molecular weight is 266 g/mol. The zero-order valence-corrected chi connectivity index (χ0v) is 12.3. The first kappa shape index (κ1) is 13.9. The van der Waals surface area contributed by atoms with Crippen molar-refractivity contribution in [1.29, 1.82) is 0 Å². The van der Waals surface area contributed by atoms with Crippen LogP contribution in [0, 0.1) is 5.41 Å². The molecule has 1 N–H and O–H groups in total. The number of aliphatic hydroxyl groups is 1. The highest BCUT2D eigenvalue weighted by molar-refractivity contribution is 4.95. The molecule has 0 bridgehead atoms. The van der Waals surface area contributed by atoms with E-state index in [1.807, 2.05) is 0 Å². The Kier molecular flexibility index (Phi) is 4.19. The van der Waals surface area contributed by atoms with Gasteiger partial charge in [0.25, 0.3) is 0 Å². The fourth-order valence-electron chi connectivity index (χ4n) is 4.65. The van der Waals surface area contributed by atoms with Crippen LogP contribution in [-0.2, 0) is 4.74 Å². The minimum absolute atomic E-state index is 0.341. The van der Waals surface area contributed by atoms with E-state index in [-0.39, 0.29) is 5.60 Å². The summed E-state index contributed by atoms with van der Waals surface area (Å²) < 4.78 is 5.67. The summed E-state index contributed by atoms with van der Waals surface area (Å²) in [5, 5.41) is 10.7. The molecule has 0 aromatic rings. The summed E-state index contributed by atoms with van der Waals surface area (Å²) in [7, 11) is 0. The summed E-state index contributed by atoms with van der Waals surface area (Å²) in [6.07, 6.45) is 16.7. The molecular weight excluding hydrogens is 236 g/mol. The second-order valence-electron chi connectivity index (χ2n) is 7.46. The third-order valence-corrected chi connectivity index (χ3v) is 6.10. The third-order valence-electron chi connectivity index (χ3n) is 6.10. The van der Waals surface area contributed by atoms with Crippen LogP contribution in [0.4, 0.5) is 0 Å². The summed E-state index contributed by atoms with van der Waals surface area (Å²) >= 11 is 0. The van der Waals surface area contributed by atoms with E-state index in [0.717, 1.165) is 38.7 Å². The predicted molar refractivity (Wildman–Crippen MR) is 77.1 cm³/mol. The summed E-state index contributed by atoms with van der Waals surface area (Å²) in [4.78, 5) is 0. The number of hydrogen-bond acceptors (Lipinski definition) is 2. The van der Waals surface area contributed by atoms with E-state index >= 15 is 0 Å². The van der Waals surface area contributed by atoms with Crippen LogP contribution >= 0.6 is 0 Å². The molecule has 19 heavy (non-hydrogen) atoms. The van der Waals surface area contributed by atoms with E-state index in [0.29, 0.717) is 11.5 Å². The van der Waals surface area contributed by atoms with Gasteiger partial charge in [-0.3, -0.25) is 0 Å². The van der Waals surface area contributed by atoms with Crippen molar-refractivity contribution < 1.29 is 9.84 Å². The minimum atomic E-state index is -0.341. The van der Waals surface area contributed by atoms with Gasteiger partial charge < -0.3 is 9.84 Å². The van der Waals surface area contributed by atoms with Crippen molar-refractivity contribution in [2.24, 2.45) is 5.41 Å². The van der Waals surface area contributed by atoms with Crippen molar-refractivity contribution in [2.45, 2.75) is 95.2 Å². The average Bonchev–Trinajstić information content (AvgIpc) is 3.06. The van der Waals surface area contributed by atoms with Gasteiger partial charge in [0.1, 0.15) is 0 Å². The Morgan fingerprint density at radius 1 is 0.947 bits per heavy atom. The van der Waals surface area contributed by atoms with E-state index in [4.69, 9.17) is 4.74 Å². The van der Waals surface area contributed by atoms with Crippen molar-refractivity contribution >= 4 is 0 Å². The molecule has 0 amide bonds. The highest BCUT2D eigenvalue weighted by Crippen LogP contribution is 2.52. The summed E-state index contributed by atoms with van der Waals surface area (Å²) in [5.41, 5.74) is 0.299. The van der Waals surface area contributed by atoms with Gasteiger partial charge in [-0.15, -0.1) is 0 Å². The fourth-order valence-corrected chi connectivity index (χ4v) is 4.65. The van der Waals surface area contributed by atoms with Crippen molar-refractivity contribution in [2.75, 3.05) is 6.61 Å². The molecule has 3 rings (SSSR count). The lowest BCUT2D eigenvalue weighted by Gasteiger charge is -2.42. The maximum atomic E-state index is 10.7. The molecular formula is C17H30O2. The van der Waals surface area contributed by atoms with Crippen molar-refractivity contribution in [3.8, 4) is 0 Å². The van der Waals surface area contributed by atoms with Crippen molar-refractivity contribution in [1.82, 2.24) is 0 Å². The van der Waals surface area contributed by atoms with Crippen LogP contribution in [0.25, 0.3) is 0 Å². The smallest absolute Gasteiger partial charge is 0.0648 e. The molecule has 1 aliphatic heterocycles. The van der Waals surface area contributed by atoms with Crippen LogP contribution in [0.2, 0.25) is 0 Å². The highest BCUT2D eigenvalue weighted by atomic mass is 16.5. The van der Waals surface area contributed by atoms with Gasteiger partial charge in [-0.1, -0.05) is 12.8 Å². The monoisotopic (exact) mass is 266 g/mol. The summed E-state index contributed by atoms with van der Waals surface area (Å²) in [6, 6.07) is 0. The van der Waals surface area contributed by atoms with Crippen molar-refractivity contribution in [3.05, 3.63) is 0 Å². The van der Waals surface area contributed by atoms with E-state index < -0.39 is 0 Å². The quantitative estimate of drug-likeness (QED) is 0.826. The second-order valence-corrected chi connectivity index (χ2v) is 7.46. The highest BCUT2D eigenvalue weighted by Gasteiger charge is 2.42. The van der Waals surface area contributed by atoms with E-state index in [2.05, 4.69) is 0 Å². The summed E-state index contributed by atoms with van der Waals surface area (Å²) in [5.74, 6) is 0. The number of rotatable bonds is 4. The molecule has 2 saturated carbocycles. The molecule has 0 aromatic heterocycles. The molecule has 0 aromatic carbocycles. The maximum Gasteiger partial charge on any atom is 0.0648 e. The maximum absolute atomic E-state index is 10.7. The Labute approximate surface area is 117 Å². The van der Waals surface area contributed by atoms with Crippen LogP contribution in [0.3, 0.4) is 0 Å². The van der Waals surface area contributed by atoms with Crippen molar-refractivity contribution in [3.63, 3.8) is 0 Å². The zero-order valence-electron chi connectivity index (χ0n) is 12.3. The Bertz CT molecular complexity index is 278. The Morgan fingerprint density at radius 2 is 1.68 bits per heavy atom. The van der Waals surface area contributed by atoms with Crippen LogP contribution in [0.1, 0.15) is 83.5 Å². The molecule has 2 aliphatic carbocycles. The van der Waals surface area contributed by atoms with E-state index in [9.17, 15) is 5.11 Å². The first-order chi connectivity index (χ1) is 9.20. The van der Waals surface area contributed by atoms with Crippen LogP contribution in [0.15, 0.2) is 0 Å². The van der Waals surface area contributed by atoms with Gasteiger partial charge in [0.2, 0.25) is 0 Å². The summed E-state index contributed by atoms with van der Waals surface area (Å²) in [6.45, 7) is 0.956. The normalized spacial score (nSPS) is 33.0. The molecule has 1 unspecified atom stereocenters. The van der Waals surface area contributed by atoms with E-state index in [1.165, 1.54) is 51.4 Å². The lowest BCUT2D eigenvalue weighted by molar-refractivity contribution is -0.0422. The molecule has 110 valence electrons. The molecule has 3 aliphatic rings. The predicted octanol–water partition coefficient (Wildman–Crippen LogP) is 4.20. The van der Waals surface area contributed by atoms with Gasteiger partial charge in [-0.05, 0) is 76.0 Å². The molecule has 0 radical (unpaired) electrons. The third kappa shape index (κ3) is 3.33. The lowest BCUT2D eigenvalue weighted by atomic mass is 9.66. The Balaban J connectivity index is 1.40. The van der Waals surface area contributed by atoms with Gasteiger partial charge >= 0.3 is 0 Å². The molecule has 2 nitrogen and oxygen atoms in total. The largest absolute Gasteiger partial charge is 0.390 e. The molecule has 1 heterocycles. The van der Waals surface area contributed by atoms with Gasteiger partial charge in [-0.25, -0.2) is 0 Å². The second kappa shape index (κ2) is 5.73. The standard InChI is InChI=1S/C17H30O2/c18-17(9-3-5-15-6-4-14-19-15)12-10-16(11-13-17)7-1-2-8-16/h15,18H,1-14H2. The Morgan fingerprint density at radius 3 is 2.32 bits per heavy atom. The Hall–Kier alpha value is -0.0800. The molecule has 3 fully saturated rings. The topological polar surface area (TPSA) is 29.5 Å². The fraction of sp³-hybridized carbons (Fsp3) is 1.00. The van der Waals surface area contributed by atoms with Gasteiger partial charge in [0, 0.05) is 6.61 Å². The van der Waals surface area contributed by atoms with Gasteiger partial charge in [0.15, 0.2) is 0 Å². The first-order valence-corrected chi connectivity index (χ1v) is 8.54. The molecule has 2 heteroatoms. The van der Waals surface area contributed by atoms with Crippen LogP contribution in [0.5, 0.6) is 0 Å². The van der Waals surface area contributed by atoms with Gasteiger partial charge in [0.05, 0.1) is 11.7 Å². The van der Waals surface area contributed by atoms with Gasteiger partial charge in [-0.2, -0.15) is 0 Å².